The molecule has 3 N–H and O–H groups in total. The summed E-state index contributed by atoms with van der Waals surface area (Å²) in [7, 11) is 0. The van der Waals surface area contributed by atoms with Gasteiger partial charge < -0.3 is 25.6 Å². The topological polar surface area (TPSA) is 103 Å². The highest BCUT2D eigenvalue weighted by atomic mass is 19.1. The van der Waals surface area contributed by atoms with Gasteiger partial charge in [0, 0.05) is 58.6 Å². The summed E-state index contributed by atoms with van der Waals surface area (Å²) < 4.78 is 19.5. The second kappa shape index (κ2) is 11.9. The van der Waals surface area contributed by atoms with Gasteiger partial charge in [-0.15, -0.1) is 0 Å². The molecule has 0 bridgehead atoms. The van der Waals surface area contributed by atoms with E-state index in [0.717, 1.165) is 75.8 Å². The van der Waals surface area contributed by atoms with E-state index in [9.17, 15) is 4.39 Å². The number of halogens is 1. The molecule has 2 saturated heterocycles. The van der Waals surface area contributed by atoms with Gasteiger partial charge in [0.05, 0.1) is 19.4 Å². The average Bonchev–Trinajstić information content (AvgIpc) is 2.88. The van der Waals surface area contributed by atoms with E-state index in [4.69, 9.17) is 4.74 Å². The van der Waals surface area contributed by atoms with Gasteiger partial charge in [-0.3, -0.25) is 4.90 Å². The fourth-order valence-electron chi connectivity index (χ4n) is 4.00. The molecule has 190 valence electrons. The molecule has 0 amide bonds. The SMILES string of the molecule is Fc1cnc(N2CCC2)nc1NCc1ccc(CNc2ccnc(NCCN3CCOCC3)n2)cc1. The van der Waals surface area contributed by atoms with Gasteiger partial charge >= 0.3 is 0 Å². The van der Waals surface area contributed by atoms with Crippen LogP contribution in [0.15, 0.2) is 42.7 Å². The van der Waals surface area contributed by atoms with Crippen LogP contribution in [0.25, 0.3) is 0 Å². The fourth-order valence-corrected chi connectivity index (χ4v) is 4.00. The summed E-state index contributed by atoms with van der Waals surface area (Å²) in [4.78, 5) is 21.7. The molecule has 1 aromatic carbocycles. The van der Waals surface area contributed by atoms with Crippen molar-refractivity contribution in [1.29, 1.82) is 0 Å². The van der Waals surface area contributed by atoms with Crippen LogP contribution in [0.1, 0.15) is 17.5 Å². The standard InChI is InChI=1S/C25H32FN9O/c26-21-18-31-25(35-9-1-10-35)33-23(21)30-17-20-4-2-19(3-5-20)16-29-22-6-7-27-24(32-22)28-8-11-34-12-14-36-15-13-34/h2-7,18H,1,8-17H2,(H,30,31,33)(H2,27,28,29,32). The normalized spacial score (nSPS) is 15.9. The zero-order valence-electron chi connectivity index (χ0n) is 20.3. The van der Waals surface area contributed by atoms with Crippen molar-refractivity contribution in [1.82, 2.24) is 24.8 Å². The van der Waals surface area contributed by atoms with Crippen molar-refractivity contribution in [3.05, 3.63) is 59.7 Å². The van der Waals surface area contributed by atoms with E-state index in [1.54, 1.807) is 6.20 Å². The van der Waals surface area contributed by atoms with Crippen molar-refractivity contribution in [2.24, 2.45) is 0 Å². The number of benzene rings is 1. The summed E-state index contributed by atoms with van der Waals surface area (Å²) in [6.45, 7) is 8.22. The Morgan fingerprint density at radius 3 is 2.33 bits per heavy atom. The van der Waals surface area contributed by atoms with Crippen LogP contribution in [0.5, 0.6) is 0 Å². The lowest BCUT2D eigenvalue weighted by Crippen LogP contribution is -2.39. The first-order valence-electron chi connectivity index (χ1n) is 12.4. The van der Waals surface area contributed by atoms with Crippen molar-refractivity contribution >= 4 is 23.5 Å². The van der Waals surface area contributed by atoms with Crippen molar-refractivity contribution < 1.29 is 9.13 Å². The molecule has 2 fully saturated rings. The number of nitrogens with zero attached hydrogens (tertiary/aromatic N) is 6. The molecular weight excluding hydrogens is 461 g/mol. The van der Waals surface area contributed by atoms with Crippen LogP contribution in [0, 0.1) is 5.82 Å². The summed E-state index contributed by atoms with van der Waals surface area (Å²) in [5, 5.41) is 9.74. The van der Waals surface area contributed by atoms with Crippen molar-refractivity contribution in [2.75, 3.05) is 73.3 Å². The molecular formula is C25H32FN9O. The Labute approximate surface area is 210 Å². The zero-order chi connectivity index (χ0) is 24.6. The van der Waals surface area contributed by atoms with Crippen LogP contribution in [0.4, 0.5) is 27.9 Å². The van der Waals surface area contributed by atoms with Crippen LogP contribution >= 0.6 is 0 Å². The first kappa shape index (κ1) is 24.1. The fraction of sp³-hybridized carbons (Fsp3) is 0.440. The Morgan fingerprint density at radius 2 is 1.61 bits per heavy atom. The number of aromatic nitrogens is 4. The van der Waals surface area contributed by atoms with Crippen molar-refractivity contribution in [3.8, 4) is 0 Å². The maximum Gasteiger partial charge on any atom is 0.227 e. The van der Waals surface area contributed by atoms with Crippen LogP contribution in [0.3, 0.4) is 0 Å². The van der Waals surface area contributed by atoms with E-state index in [1.807, 2.05) is 23.1 Å². The summed E-state index contributed by atoms with van der Waals surface area (Å²) in [5.41, 5.74) is 2.16. The Morgan fingerprint density at radius 1 is 0.861 bits per heavy atom. The minimum absolute atomic E-state index is 0.232. The Kier molecular flexibility index (Phi) is 7.99. The third-order valence-electron chi connectivity index (χ3n) is 6.30. The molecule has 10 nitrogen and oxygen atoms in total. The summed E-state index contributed by atoms with van der Waals surface area (Å²) in [5.74, 6) is 1.74. The van der Waals surface area contributed by atoms with Crippen LogP contribution in [0.2, 0.25) is 0 Å². The van der Waals surface area contributed by atoms with Crippen molar-refractivity contribution in [2.45, 2.75) is 19.5 Å². The number of morpholine rings is 1. The highest BCUT2D eigenvalue weighted by Crippen LogP contribution is 2.20. The van der Waals surface area contributed by atoms with Gasteiger partial charge in [0.25, 0.3) is 0 Å². The number of anilines is 4. The predicted molar refractivity (Wildman–Crippen MR) is 138 cm³/mol. The molecule has 0 spiro atoms. The second-order valence-electron chi connectivity index (χ2n) is 8.88. The molecule has 11 heteroatoms. The lowest BCUT2D eigenvalue weighted by Gasteiger charge is -2.30. The summed E-state index contributed by atoms with van der Waals surface area (Å²) in [6.07, 6.45) is 4.10. The van der Waals surface area contributed by atoms with Gasteiger partial charge in [0.1, 0.15) is 5.82 Å². The number of rotatable bonds is 11. The smallest absolute Gasteiger partial charge is 0.227 e. The number of hydrogen-bond acceptors (Lipinski definition) is 10. The van der Waals surface area contributed by atoms with E-state index in [1.165, 1.54) is 6.20 Å². The second-order valence-corrected chi connectivity index (χ2v) is 8.88. The Balaban J connectivity index is 1.07. The largest absolute Gasteiger partial charge is 0.379 e. The molecule has 36 heavy (non-hydrogen) atoms. The average molecular weight is 494 g/mol. The van der Waals surface area contributed by atoms with Gasteiger partial charge in [-0.2, -0.15) is 9.97 Å². The highest BCUT2D eigenvalue weighted by molar-refractivity contribution is 5.44. The molecule has 0 aliphatic carbocycles. The minimum atomic E-state index is -0.445. The zero-order valence-corrected chi connectivity index (χ0v) is 20.3. The van der Waals surface area contributed by atoms with E-state index >= 15 is 0 Å². The third-order valence-corrected chi connectivity index (χ3v) is 6.30. The number of nitrogens with one attached hydrogen (secondary N) is 3. The van der Waals surface area contributed by atoms with Crippen LogP contribution < -0.4 is 20.9 Å². The monoisotopic (exact) mass is 493 g/mol. The Bertz CT molecular complexity index is 1120. The maximum atomic E-state index is 14.1. The quantitative estimate of drug-likeness (QED) is 0.369. The molecule has 0 saturated carbocycles. The van der Waals surface area contributed by atoms with E-state index < -0.39 is 5.82 Å². The van der Waals surface area contributed by atoms with Crippen molar-refractivity contribution in [3.63, 3.8) is 0 Å². The Hall–Kier alpha value is -3.57. The summed E-state index contributed by atoms with van der Waals surface area (Å²) >= 11 is 0. The minimum Gasteiger partial charge on any atom is -0.379 e. The summed E-state index contributed by atoms with van der Waals surface area (Å²) in [6, 6.07) is 10.0. The number of ether oxygens (including phenoxy) is 1. The first-order valence-corrected chi connectivity index (χ1v) is 12.4. The van der Waals surface area contributed by atoms with Gasteiger partial charge in [0.2, 0.25) is 11.9 Å². The predicted octanol–water partition coefficient (Wildman–Crippen LogP) is 2.58. The van der Waals surface area contributed by atoms with Gasteiger partial charge in [-0.05, 0) is 23.6 Å². The molecule has 0 atom stereocenters. The van der Waals surface area contributed by atoms with E-state index in [2.05, 4.69) is 52.9 Å². The molecule has 5 rings (SSSR count). The van der Waals surface area contributed by atoms with Crippen LogP contribution in [-0.2, 0) is 17.8 Å². The van der Waals surface area contributed by atoms with Crippen LogP contribution in [-0.4, -0.2) is 77.3 Å². The lowest BCUT2D eigenvalue weighted by molar-refractivity contribution is 0.0398. The lowest BCUT2D eigenvalue weighted by atomic mass is 10.1. The molecule has 2 aromatic heterocycles. The molecule has 0 radical (unpaired) electrons. The molecule has 3 aromatic rings. The molecule has 4 heterocycles. The van der Waals surface area contributed by atoms with E-state index in [-0.39, 0.29) is 5.82 Å². The highest BCUT2D eigenvalue weighted by Gasteiger charge is 2.18. The molecule has 2 aliphatic heterocycles. The molecule has 2 aliphatic rings. The van der Waals surface area contributed by atoms with Gasteiger partial charge in [-0.25, -0.2) is 14.4 Å². The number of hydrogen-bond donors (Lipinski definition) is 3. The maximum absolute atomic E-state index is 14.1. The third kappa shape index (κ3) is 6.55. The first-order chi connectivity index (χ1) is 17.7. The van der Waals surface area contributed by atoms with Gasteiger partial charge in [0.15, 0.2) is 11.6 Å². The molecule has 0 unspecified atom stereocenters. The van der Waals surface area contributed by atoms with E-state index in [0.29, 0.717) is 25.0 Å². The van der Waals surface area contributed by atoms with Gasteiger partial charge in [-0.1, -0.05) is 24.3 Å².